The van der Waals surface area contributed by atoms with Crippen LogP contribution in [0.4, 0.5) is 0 Å². The Kier molecular flexibility index (Phi) is 8.88. The Hall–Kier alpha value is 1.40. The van der Waals surface area contributed by atoms with Gasteiger partial charge in [0.05, 0.1) is 0 Å². The molecule has 0 aromatic rings. The summed E-state index contributed by atoms with van der Waals surface area (Å²) < 4.78 is 0. The minimum atomic E-state index is 0.971. The first-order valence-corrected chi connectivity index (χ1v) is 5.69. The molecule has 0 radical (unpaired) electrons. The molecule has 7 heavy (non-hydrogen) atoms. The van der Waals surface area contributed by atoms with E-state index in [4.69, 9.17) is 0 Å². The van der Waals surface area contributed by atoms with E-state index in [9.17, 15) is 0 Å². The van der Waals surface area contributed by atoms with Gasteiger partial charge >= 0.3 is 0 Å². The van der Waals surface area contributed by atoms with E-state index < -0.39 is 0 Å². The Morgan fingerprint density at radius 2 is 2.14 bits per heavy atom. The lowest BCUT2D eigenvalue weighted by atomic mass is 11.0. The minimum Gasteiger partial charge on any atom is -0.179 e. The lowest BCUT2D eigenvalue weighted by Crippen LogP contribution is -1.76. The van der Waals surface area contributed by atoms with Crippen LogP contribution in [-0.2, 0) is 0 Å². The van der Waals surface area contributed by atoms with Crippen LogP contribution in [-0.4, -0.2) is 16.6 Å². The van der Waals surface area contributed by atoms with Crippen LogP contribution < -0.4 is 0 Å². The molecule has 0 heterocycles. The number of thiol groups is 2. The number of rotatable bonds is 4. The second-order valence-corrected chi connectivity index (χ2v) is 4.12. The second-order valence-electron chi connectivity index (χ2n) is 0.879. The highest BCUT2D eigenvalue weighted by Gasteiger charge is 1.81. The molecule has 0 aliphatic heterocycles. The van der Waals surface area contributed by atoms with Crippen LogP contribution in [0, 0.1) is 0 Å². The lowest BCUT2D eigenvalue weighted by Gasteiger charge is -1.90. The van der Waals surface area contributed by atoms with E-state index in [1.54, 1.807) is 10.8 Å². The summed E-state index contributed by atoms with van der Waals surface area (Å²) in [6, 6.07) is 0. The van der Waals surface area contributed by atoms with Crippen molar-refractivity contribution in [3.63, 3.8) is 0 Å². The molecule has 0 aromatic carbocycles. The molecule has 0 amide bonds. The number of thioether (sulfide) groups is 1. The third-order valence-corrected chi connectivity index (χ3v) is 3.43. The van der Waals surface area contributed by atoms with Crippen LogP contribution >= 0.6 is 46.8 Å². The standard InChI is InChI=1S/C3H8S4/c4-1-2-6-3-7-5/h4-5H,1-3H2. The normalized spacial score (nSPS) is 9.43. The fourth-order valence-corrected chi connectivity index (χ4v) is 2.12. The van der Waals surface area contributed by atoms with E-state index in [-0.39, 0.29) is 0 Å². The van der Waals surface area contributed by atoms with E-state index >= 15 is 0 Å². The van der Waals surface area contributed by atoms with Gasteiger partial charge in [0.2, 0.25) is 0 Å². The van der Waals surface area contributed by atoms with E-state index in [1.807, 2.05) is 11.8 Å². The largest absolute Gasteiger partial charge is 0.179 e. The molecule has 0 spiro atoms. The van der Waals surface area contributed by atoms with Gasteiger partial charge in [-0.2, -0.15) is 12.6 Å². The molecule has 0 saturated carbocycles. The number of hydrogen-bond donors (Lipinski definition) is 2. The van der Waals surface area contributed by atoms with Gasteiger partial charge in [-0.3, -0.25) is 0 Å². The highest BCUT2D eigenvalue weighted by Crippen LogP contribution is 2.14. The Bertz CT molecular complexity index is 26.1. The molecule has 44 valence electrons. The Morgan fingerprint density at radius 1 is 1.43 bits per heavy atom. The molecule has 0 saturated heterocycles. The molecule has 0 bridgehead atoms. The summed E-state index contributed by atoms with van der Waals surface area (Å²) in [6.07, 6.45) is 0. The van der Waals surface area contributed by atoms with Gasteiger partial charge in [0.1, 0.15) is 0 Å². The molecule has 0 N–H and O–H groups in total. The molecule has 0 atom stereocenters. The molecule has 0 aliphatic carbocycles. The molecule has 0 nitrogen and oxygen atoms in total. The van der Waals surface area contributed by atoms with Crippen molar-refractivity contribution in [2.45, 2.75) is 0 Å². The summed E-state index contributed by atoms with van der Waals surface area (Å²) >= 11 is 9.87. The monoisotopic (exact) mass is 172 g/mol. The molecular formula is C3H8S4. The summed E-state index contributed by atoms with van der Waals surface area (Å²) in [6.45, 7) is 0. The molecule has 0 rings (SSSR count). The maximum Gasteiger partial charge on any atom is 0.0493 e. The van der Waals surface area contributed by atoms with Crippen molar-refractivity contribution < 1.29 is 0 Å². The van der Waals surface area contributed by atoms with Crippen LogP contribution in [0.3, 0.4) is 0 Å². The average molecular weight is 172 g/mol. The topological polar surface area (TPSA) is 0 Å². The average Bonchev–Trinajstić information content (AvgIpc) is 1.69. The SMILES string of the molecule is SCCSCSS. The molecule has 0 aliphatic rings. The molecule has 4 heteroatoms. The van der Waals surface area contributed by atoms with E-state index in [0.29, 0.717) is 0 Å². The lowest BCUT2D eigenvalue weighted by molar-refractivity contribution is 1.57. The van der Waals surface area contributed by atoms with Gasteiger partial charge in [0.25, 0.3) is 0 Å². The fraction of sp³-hybridized carbons (Fsp3) is 1.00. The van der Waals surface area contributed by atoms with Crippen molar-refractivity contribution in [2.24, 2.45) is 0 Å². The van der Waals surface area contributed by atoms with E-state index in [2.05, 4.69) is 24.3 Å². The van der Waals surface area contributed by atoms with Crippen molar-refractivity contribution in [3.8, 4) is 0 Å². The third-order valence-electron chi connectivity index (χ3n) is 0.372. The molecule has 0 fully saturated rings. The maximum atomic E-state index is 4.04. The van der Waals surface area contributed by atoms with Gasteiger partial charge < -0.3 is 0 Å². The second kappa shape index (κ2) is 7.40. The van der Waals surface area contributed by atoms with Crippen molar-refractivity contribution >= 4 is 46.8 Å². The first-order valence-electron chi connectivity index (χ1n) is 1.86. The fourth-order valence-electron chi connectivity index (χ4n) is 0.161. The van der Waals surface area contributed by atoms with Crippen molar-refractivity contribution in [1.82, 2.24) is 0 Å². The van der Waals surface area contributed by atoms with Gasteiger partial charge in [0.15, 0.2) is 0 Å². The van der Waals surface area contributed by atoms with Crippen LogP contribution in [0.25, 0.3) is 0 Å². The van der Waals surface area contributed by atoms with Gasteiger partial charge in [-0.15, -0.1) is 23.4 Å². The van der Waals surface area contributed by atoms with Crippen LogP contribution in [0.5, 0.6) is 0 Å². The first kappa shape index (κ1) is 8.40. The van der Waals surface area contributed by atoms with Crippen LogP contribution in [0.1, 0.15) is 0 Å². The van der Waals surface area contributed by atoms with Crippen molar-refractivity contribution in [3.05, 3.63) is 0 Å². The van der Waals surface area contributed by atoms with Crippen LogP contribution in [0.2, 0.25) is 0 Å². The van der Waals surface area contributed by atoms with Gasteiger partial charge in [-0.05, 0) is 5.75 Å². The molecule has 0 aromatic heterocycles. The maximum absolute atomic E-state index is 4.04. The summed E-state index contributed by atoms with van der Waals surface area (Å²) in [4.78, 5) is 0. The summed E-state index contributed by atoms with van der Waals surface area (Å²) in [5.74, 6) is 2.11. The first-order chi connectivity index (χ1) is 3.41. The van der Waals surface area contributed by atoms with Crippen LogP contribution in [0.15, 0.2) is 0 Å². The zero-order valence-electron chi connectivity index (χ0n) is 3.83. The van der Waals surface area contributed by atoms with Crippen molar-refractivity contribution in [2.75, 3.05) is 16.6 Å². The Labute approximate surface area is 63.4 Å². The third kappa shape index (κ3) is 7.40. The zero-order valence-corrected chi connectivity index (χ0v) is 7.25. The Balaban J connectivity index is 2.45. The van der Waals surface area contributed by atoms with Gasteiger partial charge in [-0.1, -0.05) is 10.8 Å². The summed E-state index contributed by atoms with van der Waals surface area (Å²) in [5, 5.41) is 1.07. The highest BCUT2D eigenvalue weighted by atomic mass is 33.1. The summed E-state index contributed by atoms with van der Waals surface area (Å²) in [7, 11) is 1.57. The summed E-state index contributed by atoms with van der Waals surface area (Å²) in [5.41, 5.74) is 0. The Morgan fingerprint density at radius 3 is 2.57 bits per heavy atom. The highest BCUT2D eigenvalue weighted by molar-refractivity contribution is 8.70. The van der Waals surface area contributed by atoms with Gasteiger partial charge in [0, 0.05) is 10.8 Å². The molecular weight excluding hydrogens is 164 g/mol. The zero-order chi connectivity index (χ0) is 5.54. The van der Waals surface area contributed by atoms with Gasteiger partial charge in [-0.25, -0.2) is 0 Å². The predicted octanol–water partition coefficient (Wildman–Crippen LogP) is 2.18. The van der Waals surface area contributed by atoms with Crippen molar-refractivity contribution in [1.29, 1.82) is 0 Å². The molecule has 0 unspecified atom stereocenters. The van der Waals surface area contributed by atoms with E-state index in [1.165, 1.54) is 0 Å². The van der Waals surface area contributed by atoms with E-state index in [0.717, 1.165) is 16.6 Å². The number of hydrogen-bond acceptors (Lipinski definition) is 4. The minimum absolute atomic E-state index is 0.971. The smallest absolute Gasteiger partial charge is 0.0493 e. The quantitative estimate of drug-likeness (QED) is 0.289. The predicted molar refractivity (Wildman–Crippen MR) is 47.8 cm³/mol.